The van der Waals surface area contributed by atoms with E-state index in [9.17, 15) is 4.79 Å². The fraction of sp³-hybridized carbons (Fsp3) is 0.714. The van der Waals surface area contributed by atoms with Crippen molar-refractivity contribution < 1.29 is 4.79 Å². The van der Waals surface area contributed by atoms with Crippen LogP contribution >= 0.6 is 0 Å². The summed E-state index contributed by atoms with van der Waals surface area (Å²) in [6, 6.07) is 0. The first-order valence-corrected chi connectivity index (χ1v) is 7.20. The van der Waals surface area contributed by atoms with E-state index < -0.39 is 0 Å². The van der Waals surface area contributed by atoms with Crippen LogP contribution in [-0.2, 0) is 11.3 Å². The van der Waals surface area contributed by atoms with E-state index in [1.807, 2.05) is 12.5 Å². The van der Waals surface area contributed by atoms with Crippen molar-refractivity contribution in [2.24, 2.45) is 11.8 Å². The number of hydrogen-bond acceptors (Lipinski definition) is 3. The van der Waals surface area contributed by atoms with Crippen LogP contribution in [0.5, 0.6) is 0 Å². The molecule has 2 atom stereocenters. The van der Waals surface area contributed by atoms with Gasteiger partial charge in [-0.1, -0.05) is 6.92 Å². The van der Waals surface area contributed by atoms with Gasteiger partial charge in [-0.05, 0) is 31.7 Å². The zero-order valence-corrected chi connectivity index (χ0v) is 11.6. The molecule has 1 amide bonds. The van der Waals surface area contributed by atoms with E-state index in [2.05, 4.69) is 27.1 Å². The normalized spacial score (nSPS) is 23.2. The summed E-state index contributed by atoms with van der Waals surface area (Å²) in [5.74, 6) is 0.963. The Hall–Kier alpha value is -1.36. The van der Waals surface area contributed by atoms with Crippen LogP contribution in [0.1, 0.15) is 26.2 Å². The predicted molar refractivity (Wildman–Crippen MR) is 74.6 cm³/mol. The largest absolute Gasteiger partial charge is 0.356 e. The van der Waals surface area contributed by atoms with Crippen LogP contribution in [0.15, 0.2) is 18.7 Å². The molecule has 0 bridgehead atoms. The number of nitrogens with one attached hydrogen (secondary N) is 2. The van der Waals surface area contributed by atoms with Gasteiger partial charge in [0.1, 0.15) is 0 Å². The Morgan fingerprint density at radius 1 is 1.47 bits per heavy atom. The van der Waals surface area contributed by atoms with Crippen LogP contribution in [0.3, 0.4) is 0 Å². The molecule has 5 nitrogen and oxygen atoms in total. The lowest BCUT2D eigenvalue weighted by Gasteiger charge is -2.26. The highest BCUT2D eigenvalue weighted by Gasteiger charge is 2.24. The molecule has 2 rings (SSSR count). The van der Waals surface area contributed by atoms with Gasteiger partial charge in [0.15, 0.2) is 0 Å². The first-order chi connectivity index (χ1) is 9.25. The number of carbonyl (C=O) groups is 1. The average molecular weight is 264 g/mol. The summed E-state index contributed by atoms with van der Waals surface area (Å²) in [5, 5.41) is 6.36. The van der Waals surface area contributed by atoms with Crippen LogP contribution in [0, 0.1) is 11.8 Å². The smallest absolute Gasteiger partial charge is 0.224 e. The van der Waals surface area contributed by atoms with E-state index >= 15 is 0 Å². The molecular weight excluding hydrogens is 240 g/mol. The quantitative estimate of drug-likeness (QED) is 0.754. The van der Waals surface area contributed by atoms with Gasteiger partial charge in [-0.3, -0.25) is 4.79 Å². The molecule has 0 aliphatic carbocycles. The lowest BCUT2D eigenvalue weighted by atomic mass is 9.91. The number of amides is 1. The summed E-state index contributed by atoms with van der Waals surface area (Å²) in [5.41, 5.74) is 0. The minimum absolute atomic E-state index is 0.150. The lowest BCUT2D eigenvalue weighted by Crippen LogP contribution is -2.43. The van der Waals surface area contributed by atoms with E-state index in [-0.39, 0.29) is 11.8 Å². The second-order valence-corrected chi connectivity index (χ2v) is 5.49. The summed E-state index contributed by atoms with van der Waals surface area (Å²) in [6.45, 7) is 5.80. The number of nitrogens with zero attached hydrogens (tertiary/aromatic N) is 2. The first-order valence-electron chi connectivity index (χ1n) is 7.20. The van der Waals surface area contributed by atoms with Gasteiger partial charge in [-0.2, -0.15) is 0 Å². The molecule has 106 valence electrons. The predicted octanol–water partition coefficient (Wildman–Crippen LogP) is 1.03. The number of rotatable bonds is 6. The molecule has 1 fully saturated rings. The molecule has 1 aromatic rings. The molecular formula is C14H24N4O. The Morgan fingerprint density at radius 3 is 3.11 bits per heavy atom. The minimum Gasteiger partial charge on any atom is -0.356 e. The molecule has 0 spiro atoms. The second-order valence-electron chi connectivity index (χ2n) is 5.49. The molecule has 2 unspecified atom stereocenters. The maximum absolute atomic E-state index is 12.0. The number of imidazole rings is 1. The van der Waals surface area contributed by atoms with Gasteiger partial charge in [-0.25, -0.2) is 4.98 Å². The third-order valence-electron chi connectivity index (χ3n) is 3.64. The molecule has 1 aliphatic heterocycles. The van der Waals surface area contributed by atoms with Crippen molar-refractivity contribution in [2.45, 2.75) is 32.7 Å². The number of unbranched alkanes of at least 4 members (excludes halogenated alkanes) is 1. The fourth-order valence-corrected chi connectivity index (χ4v) is 2.55. The molecule has 5 heteroatoms. The van der Waals surface area contributed by atoms with Gasteiger partial charge in [0.25, 0.3) is 0 Å². The van der Waals surface area contributed by atoms with E-state index in [0.29, 0.717) is 5.92 Å². The zero-order valence-electron chi connectivity index (χ0n) is 11.6. The van der Waals surface area contributed by atoms with Crippen molar-refractivity contribution in [2.75, 3.05) is 19.6 Å². The number of piperidine rings is 1. The summed E-state index contributed by atoms with van der Waals surface area (Å²) in [4.78, 5) is 16.0. The third kappa shape index (κ3) is 4.67. The number of carbonyl (C=O) groups excluding carboxylic acids is 1. The highest BCUT2D eigenvalue weighted by molar-refractivity contribution is 5.78. The monoisotopic (exact) mass is 264 g/mol. The summed E-state index contributed by atoms with van der Waals surface area (Å²) in [7, 11) is 0. The van der Waals surface area contributed by atoms with E-state index in [1.54, 1.807) is 6.20 Å². The van der Waals surface area contributed by atoms with Gasteiger partial charge in [0.05, 0.1) is 12.2 Å². The Balaban J connectivity index is 1.56. The fourth-order valence-electron chi connectivity index (χ4n) is 2.55. The highest BCUT2D eigenvalue weighted by Crippen LogP contribution is 2.15. The van der Waals surface area contributed by atoms with Crippen molar-refractivity contribution in [3.8, 4) is 0 Å². The zero-order chi connectivity index (χ0) is 13.5. The van der Waals surface area contributed by atoms with E-state index in [4.69, 9.17) is 0 Å². The number of aryl methyl sites for hydroxylation is 1. The molecule has 0 saturated carbocycles. The SMILES string of the molecule is CC1CNCC(C(=O)NCCCCn2ccnc2)C1. The molecule has 0 radical (unpaired) electrons. The van der Waals surface area contributed by atoms with Gasteiger partial charge in [0.2, 0.25) is 5.91 Å². The molecule has 1 aliphatic rings. The van der Waals surface area contributed by atoms with Gasteiger partial charge >= 0.3 is 0 Å². The first kappa shape index (κ1) is 14.1. The Morgan fingerprint density at radius 2 is 2.37 bits per heavy atom. The topological polar surface area (TPSA) is 59.0 Å². The van der Waals surface area contributed by atoms with Crippen LogP contribution in [0.4, 0.5) is 0 Å². The van der Waals surface area contributed by atoms with Crippen LogP contribution < -0.4 is 10.6 Å². The highest BCUT2D eigenvalue weighted by atomic mass is 16.1. The summed E-state index contributed by atoms with van der Waals surface area (Å²) < 4.78 is 2.06. The molecule has 19 heavy (non-hydrogen) atoms. The van der Waals surface area contributed by atoms with Crippen molar-refractivity contribution in [3.05, 3.63) is 18.7 Å². The number of hydrogen-bond donors (Lipinski definition) is 2. The van der Waals surface area contributed by atoms with Gasteiger partial charge < -0.3 is 15.2 Å². The van der Waals surface area contributed by atoms with Crippen molar-refractivity contribution in [3.63, 3.8) is 0 Å². The van der Waals surface area contributed by atoms with E-state index in [1.165, 1.54) is 0 Å². The lowest BCUT2D eigenvalue weighted by molar-refractivity contribution is -0.125. The van der Waals surface area contributed by atoms with E-state index in [0.717, 1.165) is 45.4 Å². The van der Waals surface area contributed by atoms with Crippen molar-refractivity contribution in [1.29, 1.82) is 0 Å². The summed E-state index contributed by atoms with van der Waals surface area (Å²) in [6.07, 6.45) is 8.67. The van der Waals surface area contributed by atoms with Gasteiger partial charge in [-0.15, -0.1) is 0 Å². The molecule has 2 N–H and O–H groups in total. The Labute approximate surface area is 114 Å². The Kier molecular flexibility index (Phi) is 5.39. The van der Waals surface area contributed by atoms with Crippen molar-refractivity contribution in [1.82, 2.24) is 20.2 Å². The Bertz CT molecular complexity index is 377. The molecule has 1 aromatic heterocycles. The van der Waals surface area contributed by atoms with Gasteiger partial charge in [0, 0.05) is 32.0 Å². The van der Waals surface area contributed by atoms with Crippen molar-refractivity contribution >= 4 is 5.91 Å². The molecule has 2 heterocycles. The maximum atomic E-state index is 12.0. The molecule has 0 aromatic carbocycles. The average Bonchev–Trinajstić information content (AvgIpc) is 2.91. The standard InChI is InChI=1S/C14H24N4O/c1-12-8-13(10-16-9-12)14(19)17-4-2-3-6-18-7-5-15-11-18/h5,7,11-13,16H,2-4,6,8-10H2,1H3,(H,17,19). The minimum atomic E-state index is 0.150. The number of aromatic nitrogens is 2. The van der Waals surface area contributed by atoms with Crippen LogP contribution in [-0.4, -0.2) is 35.1 Å². The third-order valence-corrected chi connectivity index (χ3v) is 3.64. The maximum Gasteiger partial charge on any atom is 0.224 e. The molecule has 1 saturated heterocycles. The second kappa shape index (κ2) is 7.28. The summed E-state index contributed by atoms with van der Waals surface area (Å²) >= 11 is 0. The van der Waals surface area contributed by atoms with Crippen LogP contribution in [0.2, 0.25) is 0 Å². The van der Waals surface area contributed by atoms with Crippen LogP contribution in [0.25, 0.3) is 0 Å².